The van der Waals surface area contributed by atoms with Gasteiger partial charge in [0.05, 0.1) is 40.2 Å². The summed E-state index contributed by atoms with van der Waals surface area (Å²) >= 11 is 0. The van der Waals surface area contributed by atoms with E-state index in [0.29, 0.717) is 12.2 Å². The van der Waals surface area contributed by atoms with Crippen LogP contribution in [-0.2, 0) is 27.8 Å². The minimum atomic E-state index is -0.557. The first-order valence-corrected chi connectivity index (χ1v) is 16.0. The number of ether oxygens (including phenoxy) is 1. The average Bonchev–Trinajstić information content (AvgIpc) is 3.72. The Labute approximate surface area is 254 Å². The number of fused-ring (bicyclic) bond motifs is 8. The van der Waals surface area contributed by atoms with Crippen LogP contribution < -0.4 is 0 Å². The molecule has 0 unspecified atom stereocenters. The predicted octanol–water partition coefficient (Wildman–Crippen LogP) is 8.81. The Morgan fingerprint density at radius 3 is 2.21 bits per heavy atom. The van der Waals surface area contributed by atoms with Crippen LogP contribution in [0.4, 0.5) is 0 Å². The molecule has 0 amide bonds. The van der Waals surface area contributed by atoms with Gasteiger partial charge in [0.2, 0.25) is 0 Å². The van der Waals surface area contributed by atoms with Crippen LogP contribution in [-0.4, -0.2) is 32.5 Å². The Morgan fingerprint density at radius 2 is 1.56 bits per heavy atom. The summed E-state index contributed by atoms with van der Waals surface area (Å²) in [7, 11) is 0. The second kappa shape index (κ2) is 10.7. The molecule has 2 N–H and O–H groups in total. The van der Waals surface area contributed by atoms with Gasteiger partial charge in [0.15, 0.2) is 0 Å². The maximum Gasteiger partial charge on any atom is 0.335 e. The van der Waals surface area contributed by atoms with E-state index >= 15 is 0 Å². The minimum Gasteiger partial charge on any atom is -0.463 e. The van der Waals surface area contributed by atoms with Crippen molar-refractivity contribution in [2.24, 2.45) is 0 Å². The first kappa shape index (κ1) is 29.2. The van der Waals surface area contributed by atoms with Crippen LogP contribution in [0.3, 0.4) is 0 Å². The number of esters is 1. The average molecular weight is 577 g/mol. The summed E-state index contributed by atoms with van der Waals surface area (Å²) in [6, 6.07) is 6.65. The molecule has 2 atom stereocenters. The van der Waals surface area contributed by atoms with Crippen molar-refractivity contribution in [3.05, 3.63) is 74.4 Å². The highest BCUT2D eigenvalue weighted by atomic mass is 16.5. The van der Waals surface area contributed by atoms with E-state index in [9.17, 15) is 4.79 Å². The molecule has 0 fully saturated rings. The largest absolute Gasteiger partial charge is 0.463 e. The molecule has 0 saturated heterocycles. The van der Waals surface area contributed by atoms with E-state index in [-0.39, 0.29) is 11.9 Å². The maximum atomic E-state index is 13.6. The van der Waals surface area contributed by atoms with E-state index < -0.39 is 5.41 Å². The third-order valence-electron chi connectivity index (χ3n) is 10.4. The molecular formula is C37H44N4O2. The summed E-state index contributed by atoms with van der Waals surface area (Å²) in [5.74, 6) is -0.270. The van der Waals surface area contributed by atoms with Crippen LogP contribution in [0.5, 0.6) is 0 Å². The standard InChI is InChI=1S/C37H44N4O2/c1-10-23-19(6)29-17-33-25(12-3)21(8)34(40-33)26-15-27(36(42)43-14-5)37(13-4)22(9)30(41-35(26)37)18-32-24(11-2)20(7)28(39-32)16-31(23)38-29/h15-18,22,38,40H,10-14H2,1-9H3/t22-,37+/m0/s1. The van der Waals surface area contributed by atoms with Gasteiger partial charge in [0.1, 0.15) is 0 Å². The summed E-state index contributed by atoms with van der Waals surface area (Å²) in [5, 5.41) is 0. The quantitative estimate of drug-likeness (QED) is 0.287. The fourth-order valence-electron chi connectivity index (χ4n) is 7.91. The van der Waals surface area contributed by atoms with Crippen molar-refractivity contribution in [3.63, 3.8) is 0 Å². The summed E-state index contributed by atoms with van der Waals surface area (Å²) in [4.78, 5) is 31.7. The molecular weight excluding hydrogens is 532 g/mol. The lowest BCUT2D eigenvalue weighted by Crippen LogP contribution is -2.33. The maximum absolute atomic E-state index is 13.6. The number of carbonyl (C=O) groups is 1. The van der Waals surface area contributed by atoms with Gasteiger partial charge < -0.3 is 14.7 Å². The highest BCUT2D eigenvalue weighted by molar-refractivity contribution is 6.03. The molecule has 8 bridgehead atoms. The molecule has 3 aromatic rings. The highest BCUT2D eigenvalue weighted by Gasteiger charge is 2.53. The smallest absolute Gasteiger partial charge is 0.335 e. The first-order chi connectivity index (χ1) is 20.6. The van der Waals surface area contributed by atoms with Crippen LogP contribution in [0.2, 0.25) is 0 Å². The third-order valence-corrected chi connectivity index (χ3v) is 10.4. The SMILES string of the molecule is CCOC(=O)C1=Cc2c3nc(cc4nc(cc5[nH]c(cc6[nH]c2c(C)c6CC)c(C)c5CC)C(C)=C4CC)[C@H](C)[C@]13CC. The number of nitrogens with zero attached hydrogens (tertiary/aromatic N) is 2. The molecule has 5 heterocycles. The van der Waals surface area contributed by atoms with E-state index in [0.717, 1.165) is 76.1 Å². The first-order valence-electron chi connectivity index (χ1n) is 16.0. The van der Waals surface area contributed by atoms with Gasteiger partial charge in [-0.15, -0.1) is 0 Å². The van der Waals surface area contributed by atoms with Gasteiger partial charge in [-0.3, -0.25) is 4.98 Å². The molecule has 3 aromatic heterocycles. The zero-order valence-corrected chi connectivity index (χ0v) is 27.1. The number of aryl methyl sites for hydroxylation is 4. The lowest BCUT2D eigenvalue weighted by molar-refractivity contribution is -0.139. The second-order valence-electron chi connectivity index (χ2n) is 12.2. The Bertz CT molecular complexity index is 1900. The van der Waals surface area contributed by atoms with Crippen LogP contribution in [0, 0.1) is 13.8 Å². The highest BCUT2D eigenvalue weighted by Crippen LogP contribution is 2.56. The van der Waals surface area contributed by atoms with Crippen molar-refractivity contribution in [3.8, 4) is 0 Å². The molecule has 6 nitrogen and oxygen atoms in total. The van der Waals surface area contributed by atoms with E-state index in [1.54, 1.807) is 0 Å². The fourth-order valence-corrected chi connectivity index (χ4v) is 7.91. The van der Waals surface area contributed by atoms with Crippen molar-refractivity contribution in [2.45, 2.75) is 99.3 Å². The number of aromatic nitrogens is 4. The molecule has 3 aliphatic rings. The molecule has 6 heteroatoms. The van der Waals surface area contributed by atoms with Gasteiger partial charge in [0, 0.05) is 33.7 Å². The van der Waals surface area contributed by atoms with Gasteiger partial charge in [-0.25, -0.2) is 9.78 Å². The Balaban J connectivity index is 1.84. The zero-order chi connectivity index (χ0) is 30.8. The van der Waals surface area contributed by atoms with Gasteiger partial charge in [0.25, 0.3) is 0 Å². The lowest BCUT2D eigenvalue weighted by Gasteiger charge is -2.31. The molecule has 0 radical (unpaired) electrons. The Morgan fingerprint density at radius 1 is 0.860 bits per heavy atom. The molecule has 0 saturated carbocycles. The van der Waals surface area contributed by atoms with Crippen LogP contribution in [0.25, 0.3) is 39.3 Å². The van der Waals surface area contributed by atoms with Crippen LogP contribution in [0.1, 0.15) is 118 Å². The zero-order valence-electron chi connectivity index (χ0n) is 27.1. The predicted molar refractivity (Wildman–Crippen MR) is 177 cm³/mol. The van der Waals surface area contributed by atoms with E-state index in [1.165, 1.54) is 33.4 Å². The van der Waals surface area contributed by atoms with Gasteiger partial charge in [-0.2, -0.15) is 0 Å². The van der Waals surface area contributed by atoms with E-state index in [4.69, 9.17) is 14.7 Å². The molecule has 224 valence electrons. The molecule has 6 rings (SSSR count). The molecule has 43 heavy (non-hydrogen) atoms. The monoisotopic (exact) mass is 576 g/mol. The number of H-pyrrole nitrogens is 2. The number of allylic oxidation sites excluding steroid dienone is 2. The Hall–Kier alpha value is -3.93. The van der Waals surface area contributed by atoms with Gasteiger partial charge in [-0.05, 0) is 111 Å². The Kier molecular flexibility index (Phi) is 7.22. The van der Waals surface area contributed by atoms with Crippen molar-refractivity contribution in [2.75, 3.05) is 6.61 Å². The van der Waals surface area contributed by atoms with E-state index in [1.807, 2.05) is 6.92 Å². The molecule has 0 aromatic carbocycles. The van der Waals surface area contributed by atoms with Crippen molar-refractivity contribution in [1.82, 2.24) is 19.9 Å². The van der Waals surface area contributed by atoms with Crippen LogP contribution in [0.15, 0.2) is 23.8 Å². The number of hydrogen-bond donors (Lipinski definition) is 2. The molecule has 2 aliphatic heterocycles. The number of nitrogens with one attached hydrogen (secondary N) is 2. The minimum absolute atomic E-state index is 0.0164. The number of hydrogen-bond acceptors (Lipinski definition) is 4. The summed E-state index contributed by atoms with van der Waals surface area (Å²) in [6.45, 7) is 19.8. The summed E-state index contributed by atoms with van der Waals surface area (Å²) in [5.41, 5.74) is 16.9. The molecule has 0 spiro atoms. The van der Waals surface area contributed by atoms with Crippen molar-refractivity contribution >= 4 is 45.3 Å². The van der Waals surface area contributed by atoms with E-state index in [2.05, 4.69) is 89.6 Å². The second-order valence-corrected chi connectivity index (χ2v) is 12.2. The van der Waals surface area contributed by atoms with Gasteiger partial charge in [-0.1, -0.05) is 34.6 Å². The number of rotatable bonds is 6. The normalized spacial score (nSPS) is 19.3. The van der Waals surface area contributed by atoms with Crippen molar-refractivity contribution in [1.29, 1.82) is 0 Å². The summed E-state index contributed by atoms with van der Waals surface area (Å²) in [6.07, 6.45) is 5.51. The topological polar surface area (TPSA) is 83.7 Å². The fraction of sp³-hybridized carbons (Fsp3) is 0.432. The third kappa shape index (κ3) is 4.09. The lowest BCUT2D eigenvalue weighted by atomic mass is 9.69. The van der Waals surface area contributed by atoms with Crippen molar-refractivity contribution < 1.29 is 9.53 Å². The van der Waals surface area contributed by atoms with Crippen LogP contribution >= 0.6 is 0 Å². The molecule has 1 aliphatic carbocycles. The number of carbonyl (C=O) groups excluding carboxylic acids is 1. The summed E-state index contributed by atoms with van der Waals surface area (Å²) < 4.78 is 5.66. The van der Waals surface area contributed by atoms with Gasteiger partial charge >= 0.3 is 5.97 Å². The number of aromatic amines is 2.